The van der Waals surface area contributed by atoms with Crippen molar-refractivity contribution in [1.82, 2.24) is 0 Å². The highest BCUT2D eigenvalue weighted by Crippen LogP contribution is 2.24. The molecule has 1 aromatic carbocycles. The van der Waals surface area contributed by atoms with Crippen LogP contribution in [0.25, 0.3) is 0 Å². The summed E-state index contributed by atoms with van der Waals surface area (Å²) >= 11 is 0. The zero-order chi connectivity index (χ0) is 12.1. The van der Waals surface area contributed by atoms with Crippen molar-refractivity contribution in [2.24, 2.45) is 0 Å². The fraction of sp³-hybridized carbons (Fsp3) is 0.417. The normalized spacial score (nSPS) is 12.2. The first-order chi connectivity index (χ1) is 7.54. The quantitative estimate of drug-likeness (QED) is 0.801. The van der Waals surface area contributed by atoms with E-state index in [1.807, 2.05) is 13.8 Å². The van der Waals surface area contributed by atoms with Crippen LogP contribution < -0.4 is 4.74 Å². The SMILES string of the molecule is CCOc1ccc([C@@H](O)CC(=O)O)c(C)c1. The van der Waals surface area contributed by atoms with Gasteiger partial charge in [0.15, 0.2) is 0 Å². The van der Waals surface area contributed by atoms with E-state index in [0.29, 0.717) is 12.2 Å². The zero-order valence-electron chi connectivity index (χ0n) is 9.43. The van der Waals surface area contributed by atoms with E-state index in [1.165, 1.54) is 0 Å². The molecule has 0 aromatic heterocycles. The second kappa shape index (κ2) is 5.51. The van der Waals surface area contributed by atoms with E-state index >= 15 is 0 Å². The van der Waals surface area contributed by atoms with E-state index in [1.54, 1.807) is 18.2 Å². The first-order valence-corrected chi connectivity index (χ1v) is 5.17. The van der Waals surface area contributed by atoms with Crippen molar-refractivity contribution in [2.45, 2.75) is 26.4 Å². The molecule has 0 aliphatic rings. The van der Waals surface area contributed by atoms with Gasteiger partial charge in [0.2, 0.25) is 0 Å². The van der Waals surface area contributed by atoms with Crippen LogP contribution in [0.5, 0.6) is 5.75 Å². The Labute approximate surface area is 94.5 Å². The number of benzene rings is 1. The Hall–Kier alpha value is -1.55. The van der Waals surface area contributed by atoms with Crippen molar-refractivity contribution in [2.75, 3.05) is 6.61 Å². The van der Waals surface area contributed by atoms with E-state index in [9.17, 15) is 9.90 Å². The van der Waals surface area contributed by atoms with E-state index in [2.05, 4.69) is 0 Å². The molecule has 16 heavy (non-hydrogen) atoms. The topological polar surface area (TPSA) is 66.8 Å². The number of hydrogen-bond acceptors (Lipinski definition) is 3. The van der Waals surface area contributed by atoms with Crippen molar-refractivity contribution in [3.8, 4) is 5.75 Å². The number of aliphatic carboxylic acids is 1. The average molecular weight is 224 g/mol. The van der Waals surface area contributed by atoms with E-state index in [0.717, 1.165) is 11.3 Å². The Morgan fingerprint density at radius 2 is 2.19 bits per heavy atom. The third-order valence-electron chi connectivity index (χ3n) is 2.28. The molecule has 0 bridgehead atoms. The van der Waals surface area contributed by atoms with Crippen LogP contribution in [0.3, 0.4) is 0 Å². The number of hydrogen-bond donors (Lipinski definition) is 2. The van der Waals surface area contributed by atoms with Crippen LogP contribution in [0, 0.1) is 6.92 Å². The fourth-order valence-corrected chi connectivity index (χ4v) is 1.55. The maximum Gasteiger partial charge on any atom is 0.306 e. The first kappa shape index (κ1) is 12.5. The van der Waals surface area contributed by atoms with Crippen LogP contribution >= 0.6 is 0 Å². The monoisotopic (exact) mass is 224 g/mol. The highest BCUT2D eigenvalue weighted by atomic mass is 16.5. The van der Waals surface area contributed by atoms with E-state index in [-0.39, 0.29) is 6.42 Å². The largest absolute Gasteiger partial charge is 0.494 e. The van der Waals surface area contributed by atoms with Crippen LogP contribution in [-0.2, 0) is 4.79 Å². The van der Waals surface area contributed by atoms with Crippen LogP contribution in [0.15, 0.2) is 18.2 Å². The molecule has 1 atom stereocenters. The van der Waals surface area contributed by atoms with Gasteiger partial charge in [0.1, 0.15) is 5.75 Å². The molecule has 1 rings (SSSR count). The molecule has 0 radical (unpaired) electrons. The molecule has 0 amide bonds. The summed E-state index contributed by atoms with van der Waals surface area (Å²) in [4.78, 5) is 10.5. The van der Waals surface area contributed by atoms with Gasteiger partial charge in [-0.3, -0.25) is 4.79 Å². The van der Waals surface area contributed by atoms with Crippen LogP contribution in [-0.4, -0.2) is 22.8 Å². The molecule has 0 fully saturated rings. The van der Waals surface area contributed by atoms with Gasteiger partial charge in [0.25, 0.3) is 0 Å². The number of aryl methyl sites for hydroxylation is 1. The highest BCUT2D eigenvalue weighted by molar-refractivity contribution is 5.67. The van der Waals surface area contributed by atoms with Crippen molar-refractivity contribution in [3.05, 3.63) is 29.3 Å². The number of ether oxygens (including phenoxy) is 1. The smallest absolute Gasteiger partial charge is 0.306 e. The van der Waals surface area contributed by atoms with Gasteiger partial charge in [0.05, 0.1) is 19.1 Å². The summed E-state index contributed by atoms with van der Waals surface area (Å²) in [7, 11) is 0. The number of carboxylic acid groups (broad SMARTS) is 1. The lowest BCUT2D eigenvalue weighted by molar-refractivity contribution is -0.139. The minimum atomic E-state index is -1.01. The van der Waals surface area contributed by atoms with E-state index < -0.39 is 12.1 Å². The summed E-state index contributed by atoms with van der Waals surface area (Å²) in [5.41, 5.74) is 1.46. The highest BCUT2D eigenvalue weighted by Gasteiger charge is 2.14. The third-order valence-corrected chi connectivity index (χ3v) is 2.28. The molecule has 0 unspecified atom stereocenters. The Balaban J connectivity index is 2.85. The zero-order valence-corrected chi connectivity index (χ0v) is 9.43. The summed E-state index contributed by atoms with van der Waals surface area (Å²) in [5, 5.41) is 18.3. The maximum atomic E-state index is 10.5. The predicted octanol–water partition coefficient (Wildman–Crippen LogP) is 1.90. The molecule has 0 aliphatic heterocycles. The molecular weight excluding hydrogens is 208 g/mol. The maximum absolute atomic E-state index is 10.5. The van der Waals surface area contributed by atoms with Crippen molar-refractivity contribution in [3.63, 3.8) is 0 Å². The lowest BCUT2D eigenvalue weighted by Crippen LogP contribution is -2.07. The van der Waals surface area contributed by atoms with Crippen LogP contribution in [0.2, 0.25) is 0 Å². The van der Waals surface area contributed by atoms with Gasteiger partial charge >= 0.3 is 5.97 Å². The standard InChI is InChI=1S/C12H16O4/c1-3-16-9-4-5-10(8(2)6-9)11(13)7-12(14)15/h4-6,11,13H,3,7H2,1-2H3,(H,14,15)/t11-/m0/s1. The summed E-state index contributed by atoms with van der Waals surface area (Å²) in [6.07, 6.45) is -1.25. The van der Waals surface area contributed by atoms with Crippen LogP contribution in [0.4, 0.5) is 0 Å². The van der Waals surface area contributed by atoms with Gasteiger partial charge in [-0.2, -0.15) is 0 Å². The minimum Gasteiger partial charge on any atom is -0.494 e. The van der Waals surface area contributed by atoms with Gasteiger partial charge < -0.3 is 14.9 Å². The second-order valence-electron chi connectivity index (χ2n) is 3.57. The summed E-state index contributed by atoms with van der Waals surface area (Å²) in [6.45, 7) is 4.29. The van der Waals surface area contributed by atoms with Crippen LogP contribution in [0.1, 0.15) is 30.6 Å². The van der Waals surface area contributed by atoms with E-state index in [4.69, 9.17) is 9.84 Å². The molecule has 0 heterocycles. The molecule has 1 aromatic rings. The molecule has 4 heteroatoms. The molecule has 0 saturated carbocycles. The van der Waals surface area contributed by atoms with Gasteiger partial charge in [-0.1, -0.05) is 6.07 Å². The Morgan fingerprint density at radius 3 is 2.69 bits per heavy atom. The van der Waals surface area contributed by atoms with Gasteiger partial charge in [-0.15, -0.1) is 0 Å². The molecular formula is C12H16O4. The minimum absolute atomic E-state index is 0.283. The molecule has 2 N–H and O–H groups in total. The lowest BCUT2D eigenvalue weighted by Gasteiger charge is -2.13. The Kier molecular flexibility index (Phi) is 4.31. The number of aliphatic hydroxyl groups excluding tert-OH is 1. The number of aliphatic hydroxyl groups is 1. The molecule has 0 saturated heterocycles. The van der Waals surface area contributed by atoms with Crippen molar-refractivity contribution in [1.29, 1.82) is 0 Å². The molecule has 0 aliphatic carbocycles. The third kappa shape index (κ3) is 3.24. The van der Waals surface area contributed by atoms with Crippen molar-refractivity contribution < 1.29 is 19.7 Å². The molecule has 88 valence electrons. The number of rotatable bonds is 5. The van der Waals surface area contributed by atoms with Gasteiger partial charge in [0, 0.05) is 0 Å². The summed E-state index contributed by atoms with van der Waals surface area (Å²) in [6, 6.07) is 5.23. The Bertz CT molecular complexity index is 373. The molecule has 0 spiro atoms. The predicted molar refractivity (Wildman–Crippen MR) is 59.6 cm³/mol. The van der Waals surface area contributed by atoms with Crippen molar-refractivity contribution >= 4 is 5.97 Å². The summed E-state index contributed by atoms with van der Waals surface area (Å²) in [5.74, 6) is -0.285. The van der Waals surface area contributed by atoms with Gasteiger partial charge in [-0.05, 0) is 37.1 Å². The lowest BCUT2D eigenvalue weighted by atomic mass is 10.0. The Morgan fingerprint density at radius 1 is 1.50 bits per heavy atom. The average Bonchev–Trinajstić information content (AvgIpc) is 2.16. The number of carboxylic acids is 1. The number of carbonyl (C=O) groups is 1. The van der Waals surface area contributed by atoms with Gasteiger partial charge in [-0.25, -0.2) is 0 Å². The first-order valence-electron chi connectivity index (χ1n) is 5.17. The fourth-order valence-electron chi connectivity index (χ4n) is 1.55. The molecule has 4 nitrogen and oxygen atoms in total. The summed E-state index contributed by atoms with van der Waals surface area (Å²) < 4.78 is 5.30. The second-order valence-corrected chi connectivity index (χ2v) is 3.57.